The second-order valence-corrected chi connectivity index (χ2v) is 4.45. The van der Waals surface area contributed by atoms with Crippen LogP contribution in [0.2, 0.25) is 0 Å². The fourth-order valence-corrected chi connectivity index (χ4v) is 1.73. The van der Waals surface area contributed by atoms with Crippen LogP contribution in [0.15, 0.2) is 30.5 Å². The number of nitrogens with two attached hydrogens (primary N) is 1. The van der Waals surface area contributed by atoms with Gasteiger partial charge in [-0.1, -0.05) is 12.2 Å². The van der Waals surface area contributed by atoms with Gasteiger partial charge in [0.2, 0.25) is 0 Å². The lowest BCUT2D eigenvalue weighted by Gasteiger charge is -2.08. The van der Waals surface area contributed by atoms with Crippen molar-refractivity contribution in [2.24, 2.45) is 5.73 Å². The van der Waals surface area contributed by atoms with Crippen molar-refractivity contribution in [2.75, 3.05) is 5.32 Å². The van der Waals surface area contributed by atoms with Gasteiger partial charge >= 0.3 is 0 Å². The summed E-state index contributed by atoms with van der Waals surface area (Å²) in [4.78, 5) is 8.41. The first kappa shape index (κ1) is 13.4. The molecule has 98 valence electrons. The average molecular weight is 276 g/mol. The quantitative estimate of drug-likeness (QED) is 0.838. The van der Waals surface area contributed by atoms with Crippen LogP contribution in [0.4, 0.5) is 10.1 Å². The van der Waals surface area contributed by atoms with Crippen molar-refractivity contribution in [3.8, 4) is 0 Å². The summed E-state index contributed by atoms with van der Waals surface area (Å²) in [5.41, 5.74) is 7.13. The molecule has 0 fully saturated rings. The largest absolute Gasteiger partial charge is 0.389 e. The minimum Gasteiger partial charge on any atom is -0.389 e. The molecule has 1 aromatic heterocycles. The summed E-state index contributed by atoms with van der Waals surface area (Å²) in [6.07, 6.45) is 1.67. The second kappa shape index (κ2) is 5.71. The van der Waals surface area contributed by atoms with Crippen molar-refractivity contribution in [1.82, 2.24) is 9.97 Å². The third kappa shape index (κ3) is 3.45. The number of rotatable bonds is 4. The van der Waals surface area contributed by atoms with Gasteiger partial charge in [0.25, 0.3) is 0 Å². The lowest BCUT2D eigenvalue weighted by Crippen LogP contribution is -2.10. The monoisotopic (exact) mass is 276 g/mol. The van der Waals surface area contributed by atoms with Gasteiger partial charge in [-0.25, -0.2) is 14.4 Å². The maximum Gasteiger partial charge on any atom is 0.146 e. The molecule has 19 heavy (non-hydrogen) atoms. The Bertz CT molecular complexity index is 615. The van der Waals surface area contributed by atoms with Crippen LogP contribution in [0.25, 0.3) is 0 Å². The van der Waals surface area contributed by atoms with Crippen LogP contribution in [-0.2, 0) is 6.54 Å². The molecule has 0 bridgehead atoms. The van der Waals surface area contributed by atoms with Crippen molar-refractivity contribution >= 4 is 22.9 Å². The highest BCUT2D eigenvalue weighted by Gasteiger charge is 2.05. The number of halogens is 1. The molecule has 2 rings (SSSR count). The molecule has 0 aliphatic heterocycles. The predicted octanol–water partition coefficient (Wildman–Crippen LogP) is 2.17. The summed E-state index contributed by atoms with van der Waals surface area (Å²) >= 11 is 4.79. The molecule has 0 radical (unpaired) electrons. The summed E-state index contributed by atoms with van der Waals surface area (Å²) in [5.74, 6) is 0.291. The molecule has 0 atom stereocenters. The molecule has 6 heteroatoms. The van der Waals surface area contributed by atoms with Crippen molar-refractivity contribution in [1.29, 1.82) is 0 Å². The highest BCUT2D eigenvalue weighted by atomic mass is 32.1. The highest BCUT2D eigenvalue weighted by molar-refractivity contribution is 7.80. The number of benzene rings is 1. The topological polar surface area (TPSA) is 63.8 Å². The number of nitrogens with one attached hydrogen (secondary N) is 1. The van der Waals surface area contributed by atoms with Crippen LogP contribution in [0.5, 0.6) is 0 Å². The fraction of sp³-hybridized carbons (Fsp3) is 0.154. The predicted molar refractivity (Wildman–Crippen MR) is 76.4 cm³/mol. The minimum absolute atomic E-state index is 0.178. The molecule has 0 aliphatic carbocycles. The van der Waals surface area contributed by atoms with Gasteiger partial charge in [-0.2, -0.15) is 0 Å². The SMILES string of the molecule is Cc1nccc(CNc2ccc(C(N)=S)cc2F)n1. The number of hydrogen-bond donors (Lipinski definition) is 2. The molecule has 2 aromatic rings. The van der Waals surface area contributed by atoms with E-state index in [4.69, 9.17) is 18.0 Å². The molecular formula is C13H13FN4S. The van der Waals surface area contributed by atoms with Gasteiger partial charge in [0.15, 0.2) is 0 Å². The first-order valence-corrected chi connectivity index (χ1v) is 6.09. The molecule has 0 spiro atoms. The van der Waals surface area contributed by atoms with Gasteiger partial charge < -0.3 is 11.1 Å². The number of aryl methyl sites for hydroxylation is 1. The van der Waals surface area contributed by atoms with E-state index < -0.39 is 5.82 Å². The zero-order valence-electron chi connectivity index (χ0n) is 10.4. The second-order valence-electron chi connectivity index (χ2n) is 4.01. The van der Waals surface area contributed by atoms with Crippen molar-refractivity contribution in [3.05, 3.63) is 53.4 Å². The van der Waals surface area contributed by atoms with Crippen molar-refractivity contribution in [2.45, 2.75) is 13.5 Å². The highest BCUT2D eigenvalue weighted by Crippen LogP contribution is 2.16. The first-order valence-electron chi connectivity index (χ1n) is 5.68. The Kier molecular flexibility index (Phi) is 4.01. The van der Waals surface area contributed by atoms with Crippen LogP contribution in [0.3, 0.4) is 0 Å². The molecule has 0 unspecified atom stereocenters. The molecule has 4 nitrogen and oxygen atoms in total. The van der Waals surface area contributed by atoms with Crippen molar-refractivity contribution < 1.29 is 4.39 Å². The Hall–Kier alpha value is -2.08. The Morgan fingerprint density at radius 2 is 2.21 bits per heavy atom. The van der Waals surface area contributed by atoms with Gasteiger partial charge in [0.1, 0.15) is 16.6 Å². The van der Waals surface area contributed by atoms with E-state index in [9.17, 15) is 4.39 Å². The molecule has 3 N–H and O–H groups in total. The zero-order chi connectivity index (χ0) is 13.8. The molecule has 0 saturated heterocycles. The molecule has 0 saturated carbocycles. The van der Waals surface area contributed by atoms with E-state index in [-0.39, 0.29) is 4.99 Å². The minimum atomic E-state index is -0.393. The summed E-state index contributed by atoms with van der Waals surface area (Å²) in [5, 5.41) is 2.97. The molecule has 0 aliphatic rings. The Labute approximate surface area is 115 Å². The van der Waals surface area contributed by atoms with Crippen LogP contribution in [-0.4, -0.2) is 15.0 Å². The third-order valence-electron chi connectivity index (χ3n) is 2.55. The summed E-state index contributed by atoms with van der Waals surface area (Å²) < 4.78 is 13.8. The van der Waals surface area contributed by atoms with Gasteiger partial charge in [0.05, 0.1) is 17.9 Å². The van der Waals surface area contributed by atoms with Crippen LogP contribution >= 0.6 is 12.2 Å². The van der Waals surface area contributed by atoms with Gasteiger partial charge in [0, 0.05) is 11.8 Å². The van der Waals surface area contributed by atoms with Crippen LogP contribution < -0.4 is 11.1 Å². The fourth-order valence-electron chi connectivity index (χ4n) is 1.60. The molecule has 0 amide bonds. The van der Waals surface area contributed by atoms with E-state index in [0.717, 1.165) is 5.69 Å². The number of hydrogen-bond acceptors (Lipinski definition) is 4. The lowest BCUT2D eigenvalue weighted by molar-refractivity contribution is 0.629. The Morgan fingerprint density at radius 1 is 1.42 bits per heavy atom. The maximum absolute atomic E-state index is 13.8. The van der Waals surface area contributed by atoms with Crippen LogP contribution in [0.1, 0.15) is 17.1 Å². The molecule has 1 heterocycles. The smallest absolute Gasteiger partial charge is 0.146 e. The number of thiocarbonyl (C=S) groups is 1. The lowest BCUT2D eigenvalue weighted by atomic mass is 10.2. The maximum atomic E-state index is 13.8. The Morgan fingerprint density at radius 3 is 2.84 bits per heavy atom. The van der Waals surface area contributed by atoms with Crippen LogP contribution in [0, 0.1) is 12.7 Å². The zero-order valence-corrected chi connectivity index (χ0v) is 11.2. The number of aromatic nitrogens is 2. The van der Waals surface area contributed by atoms with E-state index in [0.29, 0.717) is 23.6 Å². The third-order valence-corrected chi connectivity index (χ3v) is 2.78. The number of nitrogens with zero attached hydrogens (tertiary/aromatic N) is 2. The number of anilines is 1. The van der Waals surface area contributed by atoms with E-state index in [2.05, 4.69) is 15.3 Å². The Balaban J connectivity index is 2.10. The van der Waals surface area contributed by atoms with E-state index in [1.807, 2.05) is 0 Å². The molecule has 1 aromatic carbocycles. The van der Waals surface area contributed by atoms with E-state index in [1.165, 1.54) is 6.07 Å². The normalized spacial score (nSPS) is 10.2. The van der Waals surface area contributed by atoms with E-state index in [1.54, 1.807) is 31.3 Å². The van der Waals surface area contributed by atoms with Gasteiger partial charge in [-0.05, 0) is 31.2 Å². The standard InChI is InChI=1S/C13H13FN4S/c1-8-16-5-4-10(18-8)7-17-12-3-2-9(13(15)19)6-11(12)14/h2-6,17H,7H2,1H3,(H2,15,19). The summed E-state index contributed by atoms with van der Waals surface area (Å²) in [7, 11) is 0. The van der Waals surface area contributed by atoms with Gasteiger partial charge in [-0.15, -0.1) is 0 Å². The van der Waals surface area contributed by atoms with Gasteiger partial charge in [-0.3, -0.25) is 0 Å². The summed E-state index contributed by atoms with van der Waals surface area (Å²) in [6.45, 7) is 2.23. The summed E-state index contributed by atoms with van der Waals surface area (Å²) in [6, 6.07) is 6.38. The van der Waals surface area contributed by atoms with Crippen molar-refractivity contribution in [3.63, 3.8) is 0 Å². The molecular weight excluding hydrogens is 263 g/mol. The first-order chi connectivity index (χ1) is 9.06. The van der Waals surface area contributed by atoms with E-state index >= 15 is 0 Å². The average Bonchev–Trinajstić information content (AvgIpc) is 2.37.